The molecule has 3 amide bonds. The number of carbonyl (C=O) groups excluding carboxylic acids is 3. The molecule has 47 heavy (non-hydrogen) atoms. The molecule has 240 valence electrons. The van der Waals surface area contributed by atoms with Gasteiger partial charge in [0.25, 0.3) is 11.8 Å². The van der Waals surface area contributed by atoms with Crippen LogP contribution in [0.1, 0.15) is 29.3 Å². The Bertz CT molecular complexity index is 1870. The maximum atomic E-state index is 13.7. The maximum absolute atomic E-state index is 13.7. The zero-order valence-corrected chi connectivity index (χ0v) is 28.3. The van der Waals surface area contributed by atoms with Crippen molar-refractivity contribution in [1.29, 1.82) is 0 Å². The fourth-order valence-electron chi connectivity index (χ4n) is 4.51. The highest BCUT2D eigenvalue weighted by Crippen LogP contribution is 2.33. The van der Waals surface area contributed by atoms with E-state index in [2.05, 4.69) is 20.9 Å². The van der Waals surface area contributed by atoms with Crippen LogP contribution >= 0.6 is 34.4 Å². The number of aromatic nitrogens is 1. The molecule has 0 aliphatic carbocycles. The lowest BCUT2D eigenvalue weighted by atomic mass is 10.1. The second kappa shape index (κ2) is 16.1. The molecule has 0 saturated carbocycles. The van der Waals surface area contributed by atoms with Crippen molar-refractivity contribution in [3.05, 3.63) is 113 Å². The second-order valence-corrected chi connectivity index (χ2v) is 13.0. The molecule has 12 heteroatoms. The third kappa shape index (κ3) is 8.67. The van der Waals surface area contributed by atoms with Gasteiger partial charge < -0.3 is 25.4 Å². The van der Waals surface area contributed by atoms with Crippen LogP contribution in [0.5, 0.6) is 11.5 Å². The number of carbonyl (C=O) groups is 3. The monoisotopic (exact) mass is 684 g/mol. The Labute approximate surface area is 285 Å². The van der Waals surface area contributed by atoms with E-state index in [9.17, 15) is 14.4 Å². The summed E-state index contributed by atoms with van der Waals surface area (Å²) >= 11 is 4.37. The fourth-order valence-corrected chi connectivity index (χ4v) is 7.00. The summed E-state index contributed by atoms with van der Waals surface area (Å²) in [7, 11) is 3.03. The summed E-state index contributed by atoms with van der Waals surface area (Å²) in [5, 5.41) is 12.6. The van der Waals surface area contributed by atoms with E-state index in [4.69, 9.17) is 9.47 Å². The van der Waals surface area contributed by atoms with E-state index in [1.807, 2.05) is 35.9 Å². The van der Waals surface area contributed by atoms with Gasteiger partial charge in [0.15, 0.2) is 16.6 Å². The van der Waals surface area contributed by atoms with Crippen molar-refractivity contribution in [1.82, 2.24) is 10.3 Å². The normalized spacial score (nSPS) is 11.8. The smallest absolute Gasteiger partial charge is 0.272 e. The molecule has 0 radical (unpaired) electrons. The molecule has 0 bridgehead atoms. The van der Waals surface area contributed by atoms with Crippen molar-refractivity contribution >= 4 is 69.1 Å². The number of thiophene rings is 1. The molecule has 0 spiro atoms. The molecule has 3 aromatic carbocycles. The van der Waals surface area contributed by atoms with Crippen LogP contribution in [0.4, 0.5) is 10.8 Å². The summed E-state index contributed by atoms with van der Waals surface area (Å²) in [6.45, 7) is 1.95. The Balaban J connectivity index is 1.32. The van der Waals surface area contributed by atoms with E-state index in [1.54, 1.807) is 78.1 Å². The Kier molecular flexibility index (Phi) is 11.4. The average Bonchev–Trinajstić information content (AvgIpc) is 3.80. The number of methoxy groups -OCH3 is 2. The number of thioether (sulfide) groups is 1. The van der Waals surface area contributed by atoms with Gasteiger partial charge in [-0.15, -0.1) is 34.4 Å². The number of hydrogen-bond acceptors (Lipinski definition) is 9. The summed E-state index contributed by atoms with van der Waals surface area (Å²) in [5.41, 5.74) is 2.26. The fraction of sp³-hybridized carbons (Fsp3) is 0.143. The molecule has 1 atom stereocenters. The average molecular weight is 685 g/mol. The van der Waals surface area contributed by atoms with Crippen LogP contribution in [0, 0.1) is 0 Å². The van der Waals surface area contributed by atoms with E-state index in [0.717, 1.165) is 15.5 Å². The molecule has 0 fully saturated rings. The van der Waals surface area contributed by atoms with E-state index < -0.39 is 17.1 Å². The van der Waals surface area contributed by atoms with Crippen LogP contribution in [-0.2, 0) is 9.59 Å². The summed E-state index contributed by atoms with van der Waals surface area (Å²) in [6, 6.07) is 25.1. The Morgan fingerprint density at radius 3 is 2.45 bits per heavy atom. The second-order valence-electron chi connectivity index (χ2n) is 9.96. The lowest BCUT2D eigenvalue weighted by molar-refractivity contribution is -0.116. The SMILES string of the molecule is CCC(Sc1cccc(NC(=O)/C(=C\c2cccc(OC)c2OC)NC(=O)c2ccccc2)c1)C(=O)Nc1nc(-c2cccs2)cs1. The quantitative estimate of drug-likeness (QED) is 0.0855. The van der Waals surface area contributed by atoms with Crippen LogP contribution < -0.4 is 25.4 Å². The number of thiazole rings is 1. The molecule has 3 N–H and O–H groups in total. The first-order valence-electron chi connectivity index (χ1n) is 14.6. The van der Waals surface area contributed by atoms with Gasteiger partial charge in [0.05, 0.1) is 30.0 Å². The first kappa shape index (κ1) is 33.5. The van der Waals surface area contributed by atoms with E-state index in [1.165, 1.54) is 43.4 Å². The number of rotatable bonds is 13. The first-order valence-corrected chi connectivity index (χ1v) is 17.2. The lowest BCUT2D eigenvalue weighted by Gasteiger charge is -2.15. The van der Waals surface area contributed by atoms with Crippen molar-refractivity contribution in [3.63, 3.8) is 0 Å². The zero-order valence-electron chi connectivity index (χ0n) is 25.8. The highest BCUT2D eigenvalue weighted by atomic mass is 32.2. The number of hydrogen-bond donors (Lipinski definition) is 3. The van der Waals surface area contributed by atoms with Gasteiger partial charge in [0.2, 0.25) is 5.91 Å². The number of nitrogens with zero attached hydrogens (tertiary/aromatic N) is 1. The first-order chi connectivity index (χ1) is 22.9. The third-order valence-corrected chi connectivity index (χ3v) is 9.81. The van der Waals surface area contributed by atoms with Crippen molar-refractivity contribution in [2.24, 2.45) is 0 Å². The Morgan fingerprint density at radius 1 is 0.915 bits per heavy atom. The van der Waals surface area contributed by atoms with Crippen molar-refractivity contribution in [3.8, 4) is 22.1 Å². The van der Waals surface area contributed by atoms with Gasteiger partial charge >= 0.3 is 0 Å². The van der Waals surface area contributed by atoms with E-state index >= 15 is 0 Å². The maximum Gasteiger partial charge on any atom is 0.272 e. The van der Waals surface area contributed by atoms with Gasteiger partial charge in [0.1, 0.15) is 5.70 Å². The minimum atomic E-state index is -0.545. The number of anilines is 2. The Morgan fingerprint density at radius 2 is 1.72 bits per heavy atom. The predicted octanol–water partition coefficient (Wildman–Crippen LogP) is 7.81. The Hall–Kier alpha value is -4.91. The van der Waals surface area contributed by atoms with Crippen LogP contribution in [0.15, 0.2) is 106 Å². The largest absolute Gasteiger partial charge is 0.493 e. The molecule has 5 aromatic rings. The van der Waals surface area contributed by atoms with Gasteiger partial charge in [-0.3, -0.25) is 14.4 Å². The molecule has 0 aliphatic rings. The summed E-state index contributed by atoms with van der Waals surface area (Å²) in [4.78, 5) is 46.4. The van der Waals surface area contributed by atoms with Gasteiger partial charge in [-0.2, -0.15) is 0 Å². The van der Waals surface area contributed by atoms with E-state index in [0.29, 0.717) is 39.9 Å². The number of amides is 3. The third-order valence-electron chi connectivity index (χ3n) is 6.80. The van der Waals surface area contributed by atoms with Crippen molar-refractivity contribution in [2.45, 2.75) is 23.5 Å². The summed E-state index contributed by atoms with van der Waals surface area (Å²) in [6.07, 6.45) is 2.12. The van der Waals surface area contributed by atoms with Crippen molar-refractivity contribution in [2.75, 3.05) is 24.9 Å². The predicted molar refractivity (Wildman–Crippen MR) is 190 cm³/mol. The van der Waals surface area contributed by atoms with Crippen LogP contribution in [0.25, 0.3) is 16.6 Å². The standard InChI is InChI=1S/C35H32N4O5S3/c1-4-29(34(42)39-35-38-27(21-46-35)30-17-10-18-45-30)47-25-15-9-14-24(20-25)36-33(41)26(37-32(40)22-11-6-5-7-12-22)19-23-13-8-16-28(43-2)31(23)44-3/h5-21,29H,4H2,1-3H3,(H,36,41)(H,37,40)(H,38,39,42)/b26-19+. The minimum Gasteiger partial charge on any atom is -0.493 e. The van der Waals surface area contributed by atoms with Crippen LogP contribution in [0.3, 0.4) is 0 Å². The number of ether oxygens (including phenoxy) is 2. The van der Waals surface area contributed by atoms with Crippen molar-refractivity contribution < 1.29 is 23.9 Å². The molecule has 2 heterocycles. The highest BCUT2D eigenvalue weighted by Gasteiger charge is 2.21. The number of benzene rings is 3. The molecular weight excluding hydrogens is 653 g/mol. The molecule has 9 nitrogen and oxygen atoms in total. The van der Waals surface area contributed by atoms with Gasteiger partial charge in [-0.25, -0.2) is 4.98 Å². The van der Waals surface area contributed by atoms with Gasteiger partial charge in [-0.05, 0) is 60.3 Å². The molecule has 5 rings (SSSR count). The molecule has 1 unspecified atom stereocenters. The molecule has 0 saturated heterocycles. The molecule has 2 aromatic heterocycles. The molecular formula is C35H32N4O5S3. The minimum absolute atomic E-state index is 0.000333. The number of nitrogens with one attached hydrogen (secondary N) is 3. The van der Waals surface area contributed by atoms with Gasteiger partial charge in [0, 0.05) is 27.1 Å². The summed E-state index contributed by atoms with van der Waals surface area (Å²) in [5.74, 6) is -0.251. The van der Waals surface area contributed by atoms with Crippen LogP contribution in [0.2, 0.25) is 0 Å². The van der Waals surface area contributed by atoms with E-state index in [-0.39, 0.29) is 11.6 Å². The molecule has 0 aliphatic heterocycles. The van der Waals surface area contributed by atoms with Crippen LogP contribution in [-0.4, -0.2) is 42.2 Å². The summed E-state index contributed by atoms with van der Waals surface area (Å²) < 4.78 is 11.0. The zero-order chi connectivity index (χ0) is 33.2. The van der Waals surface area contributed by atoms with Gasteiger partial charge in [-0.1, -0.05) is 49.4 Å². The number of para-hydroxylation sites is 1. The highest BCUT2D eigenvalue weighted by molar-refractivity contribution is 8.00. The lowest BCUT2D eigenvalue weighted by Crippen LogP contribution is -2.30. The topological polar surface area (TPSA) is 119 Å².